The van der Waals surface area contributed by atoms with Crippen LogP contribution in [0.1, 0.15) is 36.1 Å². The Morgan fingerprint density at radius 3 is 2.85 bits per heavy atom. The van der Waals surface area contributed by atoms with Gasteiger partial charge in [0.1, 0.15) is 11.7 Å². The molecule has 3 heterocycles. The number of nitrogens with zero attached hydrogens (tertiary/aromatic N) is 5. The summed E-state index contributed by atoms with van der Waals surface area (Å²) in [7, 11) is 0. The van der Waals surface area contributed by atoms with E-state index < -0.39 is 17.9 Å². The lowest BCUT2D eigenvalue weighted by molar-refractivity contribution is -0.119. The van der Waals surface area contributed by atoms with E-state index in [1.807, 2.05) is 30.1 Å². The van der Waals surface area contributed by atoms with Gasteiger partial charge < -0.3 is 10.4 Å². The maximum atomic E-state index is 12.4. The SMILES string of the molecule is CCn1cc(-c2csc(NC(=O)C(C)n3nccc3C(=O)O)n2)c(C)n1. The molecule has 9 nitrogen and oxygen atoms in total. The molecule has 0 aliphatic heterocycles. The number of aryl methyl sites for hydroxylation is 2. The van der Waals surface area contributed by atoms with Crippen molar-refractivity contribution >= 4 is 28.3 Å². The summed E-state index contributed by atoms with van der Waals surface area (Å²) < 4.78 is 3.00. The van der Waals surface area contributed by atoms with E-state index in [0.717, 1.165) is 23.5 Å². The summed E-state index contributed by atoms with van der Waals surface area (Å²) in [6.45, 7) is 6.26. The largest absolute Gasteiger partial charge is 0.477 e. The minimum atomic E-state index is -1.14. The van der Waals surface area contributed by atoms with Crippen LogP contribution in [-0.2, 0) is 11.3 Å². The standard InChI is InChI=1S/C16H18N6O3S/c1-4-21-7-11(9(2)20-21)12-8-26-16(18-12)19-14(23)10(3)22-13(15(24)25)5-6-17-22/h5-8,10H,4H2,1-3H3,(H,24,25)(H,18,19,23). The molecule has 0 spiro atoms. The molecule has 0 aliphatic carbocycles. The van der Waals surface area contributed by atoms with Gasteiger partial charge >= 0.3 is 5.97 Å². The number of aromatic carboxylic acids is 1. The van der Waals surface area contributed by atoms with Crippen LogP contribution in [0.5, 0.6) is 0 Å². The summed E-state index contributed by atoms with van der Waals surface area (Å²) in [6, 6.07) is 0.565. The summed E-state index contributed by atoms with van der Waals surface area (Å²) in [5.74, 6) is -1.53. The van der Waals surface area contributed by atoms with E-state index in [2.05, 4.69) is 20.5 Å². The molecule has 136 valence electrons. The van der Waals surface area contributed by atoms with Crippen molar-refractivity contribution in [2.45, 2.75) is 33.4 Å². The minimum absolute atomic E-state index is 0.0462. The highest BCUT2D eigenvalue weighted by molar-refractivity contribution is 7.14. The predicted molar refractivity (Wildman–Crippen MR) is 96.3 cm³/mol. The van der Waals surface area contributed by atoms with Crippen LogP contribution in [0, 0.1) is 6.92 Å². The van der Waals surface area contributed by atoms with Gasteiger partial charge in [-0.3, -0.25) is 9.48 Å². The van der Waals surface area contributed by atoms with E-state index in [1.165, 1.54) is 28.3 Å². The molecule has 0 saturated heterocycles. The van der Waals surface area contributed by atoms with Crippen molar-refractivity contribution in [3.63, 3.8) is 0 Å². The number of carboxylic acid groups (broad SMARTS) is 1. The molecule has 3 rings (SSSR count). The zero-order chi connectivity index (χ0) is 18.8. The van der Waals surface area contributed by atoms with E-state index in [1.54, 1.807) is 6.92 Å². The van der Waals surface area contributed by atoms with E-state index in [-0.39, 0.29) is 5.69 Å². The molecule has 0 fully saturated rings. The molecule has 0 saturated carbocycles. The fraction of sp³-hybridized carbons (Fsp3) is 0.312. The summed E-state index contributed by atoms with van der Waals surface area (Å²) in [5, 5.41) is 22.5. The van der Waals surface area contributed by atoms with Crippen molar-refractivity contribution in [3.8, 4) is 11.3 Å². The number of carbonyl (C=O) groups excluding carboxylic acids is 1. The minimum Gasteiger partial charge on any atom is -0.477 e. The average Bonchev–Trinajstić information content (AvgIpc) is 3.32. The van der Waals surface area contributed by atoms with Crippen LogP contribution in [0.3, 0.4) is 0 Å². The van der Waals surface area contributed by atoms with Gasteiger partial charge in [-0.2, -0.15) is 10.2 Å². The third-order valence-electron chi connectivity index (χ3n) is 3.92. The average molecular weight is 374 g/mol. The molecular weight excluding hydrogens is 356 g/mol. The topological polar surface area (TPSA) is 115 Å². The van der Waals surface area contributed by atoms with Gasteiger partial charge in [0.2, 0.25) is 0 Å². The lowest BCUT2D eigenvalue weighted by Gasteiger charge is -2.12. The van der Waals surface area contributed by atoms with Crippen LogP contribution in [0.15, 0.2) is 23.8 Å². The van der Waals surface area contributed by atoms with Crippen LogP contribution < -0.4 is 5.32 Å². The number of aromatic nitrogens is 5. The lowest BCUT2D eigenvalue weighted by atomic mass is 10.2. The van der Waals surface area contributed by atoms with Crippen LogP contribution in [0.4, 0.5) is 5.13 Å². The second-order valence-corrected chi connectivity index (χ2v) is 6.51. The molecule has 26 heavy (non-hydrogen) atoms. The molecule has 1 unspecified atom stereocenters. The summed E-state index contributed by atoms with van der Waals surface area (Å²) in [4.78, 5) is 28.0. The number of rotatable bonds is 6. The van der Waals surface area contributed by atoms with E-state index >= 15 is 0 Å². The summed E-state index contributed by atoms with van der Waals surface area (Å²) in [6.07, 6.45) is 3.27. The molecular formula is C16H18N6O3S. The molecule has 3 aromatic heterocycles. The van der Waals surface area contributed by atoms with Crippen molar-refractivity contribution in [2.24, 2.45) is 0 Å². The van der Waals surface area contributed by atoms with Gasteiger partial charge in [0.05, 0.1) is 11.4 Å². The van der Waals surface area contributed by atoms with Gasteiger partial charge in [0.25, 0.3) is 5.91 Å². The highest BCUT2D eigenvalue weighted by atomic mass is 32.1. The molecule has 0 radical (unpaired) electrons. The highest BCUT2D eigenvalue weighted by Crippen LogP contribution is 2.27. The lowest BCUT2D eigenvalue weighted by Crippen LogP contribution is -2.26. The highest BCUT2D eigenvalue weighted by Gasteiger charge is 2.22. The van der Waals surface area contributed by atoms with Crippen molar-refractivity contribution in [3.05, 3.63) is 35.2 Å². The predicted octanol–water partition coefficient (Wildman–Crippen LogP) is 2.43. The number of thiazole rings is 1. The molecule has 1 amide bonds. The summed E-state index contributed by atoms with van der Waals surface area (Å²) >= 11 is 1.30. The van der Waals surface area contributed by atoms with Crippen molar-refractivity contribution < 1.29 is 14.7 Å². The molecule has 0 bridgehead atoms. The number of anilines is 1. The van der Waals surface area contributed by atoms with Gasteiger partial charge in [0.15, 0.2) is 5.13 Å². The maximum Gasteiger partial charge on any atom is 0.354 e. The molecule has 0 aromatic carbocycles. The quantitative estimate of drug-likeness (QED) is 0.685. The van der Waals surface area contributed by atoms with Crippen LogP contribution in [0.25, 0.3) is 11.3 Å². The second-order valence-electron chi connectivity index (χ2n) is 5.65. The maximum absolute atomic E-state index is 12.4. The molecule has 0 aliphatic rings. The number of hydrogen-bond acceptors (Lipinski definition) is 6. The monoisotopic (exact) mass is 374 g/mol. The zero-order valence-corrected chi connectivity index (χ0v) is 15.3. The van der Waals surface area contributed by atoms with E-state index in [4.69, 9.17) is 5.11 Å². The third-order valence-corrected chi connectivity index (χ3v) is 4.67. The number of hydrogen-bond donors (Lipinski definition) is 2. The van der Waals surface area contributed by atoms with Gasteiger partial charge in [-0.05, 0) is 26.8 Å². The fourth-order valence-electron chi connectivity index (χ4n) is 2.50. The first-order chi connectivity index (χ1) is 12.4. The Morgan fingerprint density at radius 1 is 1.42 bits per heavy atom. The van der Waals surface area contributed by atoms with Crippen LogP contribution >= 0.6 is 11.3 Å². The summed E-state index contributed by atoms with van der Waals surface area (Å²) in [5.41, 5.74) is 2.47. The number of amides is 1. The third kappa shape index (κ3) is 3.36. The Bertz CT molecular complexity index is 957. The van der Waals surface area contributed by atoms with Crippen molar-refractivity contribution in [1.82, 2.24) is 24.5 Å². The first-order valence-corrected chi connectivity index (χ1v) is 8.86. The Morgan fingerprint density at radius 2 is 2.19 bits per heavy atom. The Hall–Kier alpha value is -3.01. The molecule has 3 aromatic rings. The van der Waals surface area contributed by atoms with E-state index in [0.29, 0.717) is 5.13 Å². The van der Waals surface area contributed by atoms with Crippen LogP contribution in [-0.4, -0.2) is 41.5 Å². The second kappa shape index (κ2) is 7.08. The first kappa shape index (κ1) is 17.8. The Labute approximate surface area is 153 Å². The normalized spacial score (nSPS) is 12.1. The number of carbonyl (C=O) groups is 2. The van der Waals surface area contributed by atoms with Gasteiger partial charge in [0, 0.05) is 29.9 Å². The smallest absolute Gasteiger partial charge is 0.354 e. The Balaban J connectivity index is 1.76. The fourth-order valence-corrected chi connectivity index (χ4v) is 3.21. The van der Waals surface area contributed by atoms with Crippen molar-refractivity contribution in [1.29, 1.82) is 0 Å². The van der Waals surface area contributed by atoms with Crippen molar-refractivity contribution in [2.75, 3.05) is 5.32 Å². The van der Waals surface area contributed by atoms with Gasteiger partial charge in [-0.15, -0.1) is 11.3 Å². The van der Waals surface area contributed by atoms with Gasteiger partial charge in [-0.1, -0.05) is 0 Å². The van der Waals surface area contributed by atoms with Gasteiger partial charge in [-0.25, -0.2) is 14.5 Å². The molecule has 2 N–H and O–H groups in total. The number of carboxylic acids is 1. The molecule has 1 atom stereocenters. The zero-order valence-electron chi connectivity index (χ0n) is 14.5. The number of nitrogens with one attached hydrogen (secondary N) is 1. The van der Waals surface area contributed by atoms with Crippen LogP contribution in [0.2, 0.25) is 0 Å². The first-order valence-electron chi connectivity index (χ1n) is 7.98. The van der Waals surface area contributed by atoms with E-state index in [9.17, 15) is 9.59 Å². The Kier molecular flexibility index (Phi) is 4.85. The molecule has 10 heteroatoms.